The zero-order chi connectivity index (χ0) is 23.3. The molecule has 2 aromatic rings. The number of benzene rings is 2. The Morgan fingerprint density at radius 2 is 1.94 bits per heavy atom. The molecule has 1 aliphatic rings. The summed E-state index contributed by atoms with van der Waals surface area (Å²) in [5, 5.41) is 0.403. The molecule has 1 atom stereocenters. The average Bonchev–Trinajstić information content (AvgIpc) is 2.72. The average molecular weight is 485 g/mol. The van der Waals surface area contributed by atoms with Gasteiger partial charge in [0.2, 0.25) is 0 Å². The molecule has 0 unspecified atom stereocenters. The Hall–Kier alpha value is -2.20. The van der Waals surface area contributed by atoms with Crippen LogP contribution >= 0.6 is 11.6 Å². The van der Waals surface area contributed by atoms with Crippen LogP contribution in [0, 0.1) is 5.82 Å². The summed E-state index contributed by atoms with van der Waals surface area (Å²) in [5.74, 6) is -0.548. The lowest BCUT2D eigenvalue weighted by Crippen LogP contribution is -2.54. The van der Waals surface area contributed by atoms with E-state index < -0.39 is 15.9 Å². The fourth-order valence-electron chi connectivity index (χ4n) is 3.74. The highest BCUT2D eigenvalue weighted by atomic mass is 35.5. The number of carbonyl (C=O) groups excluding carboxylic acids is 1. The second kappa shape index (κ2) is 10.6. The number of ether oxygens (including phenoxy) is 1. The van der Waals surface area contributed by atoms with Crippen molar-refractivity contribution in [3.05, 3.63) is 64.4 Å². The summed E-state index contributed by atoms with van der Waals surface area (Å²) in [6.07, 6.45) is 0.0153. The zero-order valence-electron chi connectivity index (χ0n) is 17.7. The molecule has 3 rings (SSSR count). The maximum Gasteiger partial charge on any atom is 0.265 e. The lowest BCUT2D eigenvalue weighted by Gasteiger charge is -2.39. The minimum Gasteiger partial charge on any atom is -0.483 e. The van der Waals surface area contributed by atoms with Crippen LogP contribution < -0.4 is 4.74 Å². The molecule has 10 heteroatoms. The molecule has 2 aromatic carbocycles. The third-order valence-electron chi connectivity index (χ3n) is 5.35. The summed E-state index contributed by atoms with van der Waals surface area (Å²) < 4.78 is 49.9. The first kappa shape index (κ1) is 24.4. The van der Waals surface area contributed by atoms with Gasteiger partial charge in [0.15, 0.2) is 6.61 Å². The molecule has 1 aliphatic heterocycles. The molecule has 1 fully saturated rings. The van der Waals surface area contributed by atoms with E-state index in [0.29, 0.717) is 42.5 Å². The summed E-state index contributed by atoms with van der Waals surface area (Å²) in [4.78, 5) is 16.7. The zero-order valence-corrected chi connectivity index (χ0v) is 19.3. The first-order chi connectivity index (χ1) is 15.1. The van der Waals surface area contributed by atoms with E-state index in [1.165, 1.54) is 12.1 Å². The Balaban J connectivity index is 1.55. The van der Waals surface area contributed by atoms with Gasteiger partial charge in [0.1, 0.15) is 11.6 Å². The fourth-order valence-corrected chi connectivity index (χ4v) is 4.41. The Kier molecular flexibility index (Phi) is 8.10. The SMILES string of the molecule is C[C@@H]1CN(Cc2ccc(F)cc2)CCN1C(=O)COc1ccc(Cl)cc1CCS(=O)(=O)O. The predicted octanol–water partition coefficient (Wildman–Crippen LogP) is 3.02. The second-order valence-electron chi connectivity index (χ2n) is 7.87. The van der Waals surface area contributed by atoms with Crippen molar-refractivity contribution >= 4 is 27.6 Å². The molecule has 7 nitrogen and oxygen atoms in total. The highest BCUT2D eigenvalue weighted by Gasteiger charge is 2.27. The van der Waals surface area contributed by atoms with E-state index in [4.69, 9.17) is 20.9 Å². The van der Waals surface area contributed by atoms with Crippen molar-refractivity contribution < 1.29 is 26.9 Å². The van der Waals surface area contributed by atoms with Gasteiger partial charge in [-0.3, -0.25) is 14.2 Å². The first-order valence-electron chi connectivity index (χ1n) is 10.2. The molecule has 174 valence electrons. The summed E-state index contributed by atoms with van der Waals surface area (Å²) in [6, 6.07) is 11.1. The Labute approximate surface area is 192 Å². The Morgan fingerprint density at radius 3 is 2.59 bits per heavy atom. The van der Waals surface area contributed by atoms with Gasteiger partial charge in [-0.1, -0.05) is 23.7 Å². The van der Waals surface area contributed by atoms with Crippen molar-refractivity contribution in [2.75, 3.05) is 32.0 Å². The first-order valence-corrected chi connectivity index (χ1v) is 12.2. The van der Waals surface area contributed by atoms with Crippen molar-refractivity contribution in [1.29, 1.82) is 0 Å². The summed E-state index contributed by atoms with van der Waals surface area (Å²) in [7, 11) is -4.13. The highest BCUT2D eigenvalue weighted by molar-refractivity contribution is 7.85. The largest absolute Gasteiger partial charge is 0.483 e. The number of hydrogen-bond donors (Lipinski definition) is 1. The van der Waals surface area contributed by atoms with Crippen molar-refractivity contribution in [3.63, 3.8) is 0 Å². The van der Waals surface area contributed by atoms with Crippen LogP contribution in [0.25, 0.3) is 0 Å². The van der Waals surface area contributed by atoms with Crippen molar-refractivity contribution in [3.8, 4) is 5.75 Å². The standard InChI is InChI=1S/C22H26ClFN2O5S/c1-16-13-25(14-17-2-5-20(24)6-3-17)9-10-26(16)22(27)15-31-21-7-4-19(23)12-18(21)8-11-32(28,29)30/h2-7,12,16H,8-11,13-15H2,1H3,(H,28,29,30)/t16-/m1/s1. The van der Waals surface area contributed by atoms with E-state index >= 15 is 0 Å². The molecule has 32 heavy (non-hydrogen) atoms. The summed E-state index contributed by atoms with van der Waals surface area (Å²) >= 11 is 5.98. The Bertz CT molecular complexity index is 1050. The number of halogens is 2. The van der Waals surface area contributed by atoms with Gasteiger partial charge >= 0.3 is 0 Å². The third-order valence-corrected chi connectivity index (χ3v) is 6.31. The van der Waals surface area contributed by atoms with Crippen LogP contribution in [0.1, 0.15) is 18.1 Å². The van der Waals surface area contributed by atoms with Gasteiger partial charge < -0.3 is 9.64 Å². The number of rotatable bonds is 8. The van der Waals surface area contributed by atoms with E-state index in [9.17, 15) is 17.6 Å². The van der Waals surface area contributed by atoms with Crippen LogP contribution in [0.5, 0.6) is 5.75 Å². The number of piperazine rings is 1. The number of carbonyl (C=O) groups is 1. The van der Waals surface area contributed by atoms with Crippen LogP contribution in [0.4, 0.5) is 4.39 Å². The predicted molar refractivity (Wildman–Crippen MR) is 120 cm³/mol. The fraction of sp³-hybridized carbons (Fsp3) is 0.409. The van der Waals surface area contributed by atoms with Crippen molar-refractivity contribution in [2.45, 2.75) is 25.9 Å². The minimum atomic E-state index is -4.13. The highest BCUT2D eigenvalue weighted by Crippen LogP contribution is 2.24. The molecule has 1 heterocycles. The van der Waals surface area contributed by atoms with Gasteiger partial charge in [0.05, 0.1) is 5.75 Å². The number of nitrogens with zero attached hydrogens (tertiary/aromatic N) is 2. The van der Waals surface area contributed by atoms with Gasteiger partial charge in [-0.25, -0.2) is 4.39 Å². The lowest BCUT2D eigenvalue weighted by molar-refractivity contribution is -0.138. The van der Waals surface area contributed by atoms with Gasteiger partial charge in [-0.15, -0.1) is 0 Å². The molecule has 1 saturated heterocycles. The quantitative estimate of drug-likeness (QED) is 0.579. The van der Waals surface area contributed by atoms with E-state index in [1.54, 1.807) is 35.2 Å². The van der Waals surface area contributed by atoms with E-state index in [1.807, 2.05) is 6.92 Å². The number of aryl methyl sites for hydroxylation is 1. The maximum absolute atomic E-state index is 13.1. The normalized spacial score (nSPS) is 17.4. The lowest BCUT2D eigenvalue weighted by atomic mass is 10.1. The molecule has 0 radical (unpaired) electrons. The van der Waals surface area contributed by atoms with Crippen LogP contribution in [0.2, 0.25) is 5.02 Å². The minimum absolute atomic E-state index is 0.0153. The van der Waals surface area contributed by atoms with Crippen LogP contribution in [0.3, 0.4) is 0 Å². The van der Waals surface area contributed by atoms with Gasteiger partial charge in [-0.05, 0) is 54.8 Å². The molecule has 1 N–H and O–H groups in total. The smallest absolute Gasteiger partial charge is 0.265 e. The third kappa shape index (κ3) is 7.16. The molecule has 0 saturated carbocycles. The van der Waals surface area contributed by atoms with E-state index in [-0.39, 0.29) is 30.8 Å². The maximum atomic E-state index is 13.1. The second-order valence-corrected chi connectivity index (χ2v) is 9.88. The van der Waals surface area contributed by atoms with Gasteiger partial charge in [0.25, 0.3) is 16.0 Å². The van der Waals surface area contributed by atoms with E-state index in [2.05, 4.69) is 4.90 Å². The van der Waals surface area contributed by atoms with Crippen LogP contribution in [-0.2, 0) is 27.9 Å². The van der Waals surface area contributed by atoms with Crippen molar-refractivity contribution in [1.82, 2.24) is 9.80 Å². The topological polar surface area (TPSA) is 87.2 Å². The molecule has 0 aliphatic carbocycles. The van der Waals surface area contributed by atoms with E-state index in [0.717, 1.165) is 5.56 Å². The van der Waals surface area contributed by atoms with Crippen LogP contribution in [-0.4, -0.2) is 66.7 Å². The molecule has 0 aromatic heterocycles. The molecule has 1 amide bonds. The Morgan fingerprint density at radius 1 is 1.22 bits per heavy atom. The molecule has 0 bridgehead atoms. The molecule has 0 spiro atoms. The summed E-state index contributed by atoms with van der Waals surface area (Å²) in [6.45, 7) is 4.38. The van der Waals surface area contributed by atoms with Crippen molar-refractivity contribution in [2.24, 2.45) is 0 Å². The van der Waals surface area contributed by atoms with Crippen LogP contribution in [0.15, 0.2) is 42.5 Å². The molecular formula is C22H26ClFN2O5S. The number of amides is 1. The number of hydrogen-bond acceptors (Lipinski definition) is 5. The monoisotopic (exact) mass is 484 g/mol. The van der Waals surface area contributed by atoms with Gasteiger partial charge in [0, 0.05) is 37.2 Å². The summed E-state index contributed by atoms with van der Waals surface area (Å²) in [5.41, 5.74) is 1.52. The molecular weight excluding hydrogens is 459 g/mol. The van der Waals surface area contributed by atoms with Gasteiger partial charge in [-0.2, -0.15) is 8.42 Å².